The third-order valence-electron chi connectivity index (χ3n) is 0.679. The molecular formula is C4H3O5S-. The Kier molecular flexibility index (Phi) is 1.64. The van der Waals surface area contributed by atoms with Gasteiger partial charge in [-0.1, -0.05) is 0 Å². The lowest BCUT2D eigenvalue weighted by molar-refractivity contribution is 0.324. The summed E-state index contributed by atoms with van der Waals surface area (Å²) in [4.78, 5) is 0. The van der Waals surface area contributed by atoms with Crippen molar-refractivity contribution in [1.29, 1.82) is 0 Å². The maximum Gasteiger partial charge on any atom is 0.300 e. The van der Waals surface area contributed by atoms with Crippen LogP contribution in [0.2, 0.25) is 0 Å². The normalized spacial score (nSPS) is 11.3. The second-order valence-corrected chi connectivity index (χ2v) is 2.41. The van der Waals surface area contributed by atoms with Crippen molar-refractivity contribution < 1.29 is 21.6 Å². The average Bonchev–Trinajstić information content (AvgIpc) is 2.12. The lowest BCUT2D eigenvalue weighted by Crippen LogP contribution is -2.06. The molecule has 0 atom stereocenters. The molecule has 0 aliphatic carbocycles. The average molecular weight is 163 g/mol. The first-order valence-electron chi connectivity index (χ1n) is 2.27. The minimum absolute atomic E-state index is 0.324. The van der Waals surface area contributed by atoms with E-state index in [0.29, 0.717) is 0 Å². The zero-order valence-electron chi connectivity index (χ0n) is 4.68. The van der Waals surface area contributed by atoms with Crippen molar-refractivity contribution in [2.45, 2.75) is 0 Å². The smallest absolute Gasteiger partial charge is 0.300 e. The van der Waals surface area contributed by atoms with Crippen LogP contribution in [-0.4, -0.2) is 13.0 Å². The van der Waals surface area contributed by atoms with E-state index in [1.807, 2.05) is 0 Å². The maximum atomic E-state index is 9.86. The van der Waals surface area contributed by atoms with Crippen molar-refractivity contribution in [1.82, 2.24) is 0 Å². The van der Waals surface area contributed by atoms with Crippen LogP contribution < -0.4 is 4.18 Å². The summed E-state index contributed by atoms with van der Waals surface area (Å²) >= 11 is 0. The van der Waals surface area contributed by atoms with Gasteiger partial charge in [-0.05, 0) is 6.07 Å². The molecule has 0 spiro atoms. The molecule has 6 heteroatoms. The van der Waals surface area contributed by atoms with Gasteiger partial charge < -0.3 is 13.2 Å². The van der Waals surface area contributed by atoms with Gasteiger partial charge in [-0.2, -0.15) is 0 Å². The van der Waals surface area contributed by atoms with E-state index in [-0.39, 0.29) is 5.95 Å². The summed E-state index contributed by atoms with van der Waals surface area (Å²) in [6.45, 7) is 0. The van der Waals surface area contributed by atoms with E-state index in [9.17, 15) is 13.0 Å². The minimum Gasteiger partial charge on any atom is -0.716 e. The predicted molar refractivity (Wildman–Crippen MR) is 29.0 cm³/mol. The maximum absolute atomic E-state index is 9.86. The molecule has 5 nitrogen and oxygen atoms in total. The monoisotopic (exact) mass is 163 g/mol. The highest BCUT2D eigenvalue weighted by Gasteiger charge is 1.99. The SMILES string of the molecule is O=S(=O)([O-])Oc1ccco1. The summed E-state index contributed by atoms with van der Waals surface area (Å²) in [6.07, 6.45) is 1.19. The van der Waals surface area contributed by atoms with E-state index in [2.05, 4.69) is 8.60 Å². The second kappa shape index (κ2) is 2.31. The van der Waals surface area contributed by atoms with Crippen LogP contribution in [0.15, 0.2) is 22.8 Å². The highest BCUT2D eigenvalue weighted by molar-refractivity contribution is 7.81. The summed E-state index contributed by atoms with van der Waals surface area (Å²) in [7, 11) is -4.69. The number of rotatable bonds is 2. The van der Waals surface area contributed by atoms with Crippen molar-refractivity contribution in [3.05, 3.63) is 18.4 Å². The van der Waals surface area contributed by atoms with E-state index in [0.717, 1.165) is 0 Å². The molecule has 0 aromatic carbocycles. The quantitative estimate of drug-likeness (QED) is 0.457. The first kappa shape index (κ1) is 7.10. The molecule has 1 heterocycles. The van der Waals surface area contributed by atoms with E-state index < -0.39 is 10.4 Å². The molecule has 1 rings (SSSR count). The zero-order valence-corrected chi connectivity index (χ0v) is 5.50. The van der Waals surface area contributed by atoms with Gasteiger partial charge in [-0.25, -0.2) is 8.42 Å². The summed E-state index contributed by atoms with van der Waals surface area (Å²) in [5.41, 5.74) is 0. The molecule has 0 aliphatic heterocycles. The van der Waals surface area contributed by atoms with E-state index in [1.165, 1.54) is 18.4 Å². The minimum atomic E-state index is -4.69. The molecule has 0 unspecified atom stereocenters. The van der Waals surface area contributed by atoms with E-state index in [4.69, 9.17) is 0 Å². The Morgan fingerprint density at radius 1 is 1.60 bits per heavy atom. The Balaban J connectivity index is 2.75. The van der Waals surface area contributed by atoms with Gasteiger partial charge in [0.2, 0.25) is 0 Å². The molecule has 56 valence electrons. The first-order chi connectivity index (χ1) is 4.58. The summed E-state index contributed by atoms with van der Waals surface area (Å²) in [5.74, 6) is -0.324. The molecule has 0 saturated carbocycles. The van der Waals surface area contributed by atoms with Crippen molar-refractivity contribution in [3.63, 3.8) is 0 Å². The van der Waals surface area contributed by atoms with Crippen LogP contribution >= 0.6 is 0 Å². The summed E-state index contributed by atoms with van der Waals surface area (Å²) < 4.78 is 37.8. The number of hydrogen-bond acceptors (Lipinski definition) is 5. The molecule has 0 N–H and O–H groups in total. The van der Waals surface area contributed by atoms with Gasteiger partial charge >= 0.3 is 0 Å². The number of furan rings is 1. The van der Waals surface area contributed by atoms with Gasteiger partial charge in [0.05, 0.1) is 6.26 Å². The third kappa shape index (κ3) is 2.08. The van der Waals surface area contributed by atoms with Crippen LogP contribution in [0.4, 0.5) is 0 Å². The fourth-order valence-corrected chi connectivity index (χ4v) is 0.708. The van der Waals surface area contributed by atoms with Gasteiger partial charge in [-0.15, -0.1) is 0 Å². The van der Waals surface area contributed by atoms with Gasteiger partial charge in [-0.3, -0.25) is 0 Å². The molecular weight excluding hydrogens is 160 g/mol. The second-order valence-electron chi connectivity index (χ2n) is 1.42. The zero-order chi connectivity index (χ0) is 7.61. The molecule has 0 aliphatic rings. The summed E-state index contributed by atoms with van der Waals surface area (Å²) in [6, 6.07) is 2.62. The molecule has 0 amide bonds. The highest BCUT2D eigenvalue weighted by Crippen LogP contribution is 2.11. The van der Waals surface area contributed by atoms with Gasteiger partial charge in [0.15, 0.2) is 0 Å². The summed E-state index contributed by atoms with van der Waals surface area (Å²) in [5, 5.41) is 0. The first-order valence-corrected chi connectivity index (χ1v) is 3.60. The Morgan fingerprint density at radius 3 is 2.70 bits per heavy atom. The van der Waals surface area contributed by atoms with Crippen LogP contribution in [0, 0.1) is 0 Å². The van der Waals surface area contributed by atoms with Crippen molar-refractivity contribution >= 4 is 10.4 Å². The van der Waals surface area contributed by atoms with Crippen LogP contribution in [0.5, 0.6) is 5.95 Å². The molecule has 0 bridgehead atoms. The highest BCUT2D eigenvalue weighted by atomic mass is 32.3. The molecule has 10 heavy (non-hydrogen) atoms. The van der Waals surface area contributed by atoms with E-state index >= 15 is 0 Å². The van der Waals surface area contributed by atoms with Gasteiger partial charge in [0.25, 0.3) is 16.3 Å². The fraction of sp³-hybridized carbons (Fsp3) is 0. The van der Waals surface area contributed by atoms with Crippen LogP contribution in [-0.2, 0) is 10.4 Å². The topological polar surface area (TPSA) is 79.6 Å². The van der Waals surface area contributed by atoms with Crippen molar-refractivity contribution in [2.24, 2.45) is 0 Å². The van der Waals surface area contributed by atoms with Gasteiger partial charge in [0, 0.05) is 6.07 Å². The van der Waals surface area contributed by atoms with Gasteiger partial charge in [0.1, 0.15) is 0 Å². The number of hydrogen-bond donors (Lipinski definition) is 0. The molecule has 0 fully saturated rings. The van der Waals surface area contributed by atoms with Crippen LogP contribution in [0.1, 0.15) is 0 Å². The Morgan fingerprint density at radius 2 is 2.30 bits per heavy atom. The predicted octanol–water partition coefficient (Wildman–Crippen LogP) is 0.119. The van der Waals surface area contributed by atoms with Crippen LogP contribution in [0.25, 0.3) is 0 Å². The Labute approximate surface area is 57.2 Å². The largest absolute Gasteiger partial charge is 0.716 e. The Bertz CT molecular complexity index is 283. The third-order valence-corrected chi connectivity index (χ3v) is 1.05. The van der Waals surface area contributed by atoms with E-state index in [1.54, 1.807) is 0 Å². The van der Waals surface area contributed by atoms with Crippen molar-refractivity contribution in [3.8, 4) is 5.95 Å². The van der Waals surface area contributed by atoms with Crippen LogP contribution in [0.3, 0.4) is 0 Å². The molecule has 0 radical (unpaired) electrons. The lowest BCUT2D eigenvalue weighted by atomic mass is 10.7. The Hall–Kier alpha value is -1.01. The molecule has 0 saturated heterocycles. The molecule has 1 aromatic rings. The lowest BCUT2D eigenvalue weighted by Gasteiger charge is -2.03. The fourth-order valence-electron chi connectivity index (χ4n) is 0.411. The standard InChI is InChI=1S/C4H4O5S/c5-10(6,7)9-4-2-1-3-8-4/h1-3H,(H,5,6,7)/p-1. The van der Waals surface area contributed by atoms with Crippen molar-refractivity contribution in [2.75, 3.05) is 0 Å². The molecule has 1 aromatic heterocycles.